The molecule has 120 valence electrons. The normalized spacial score (nSPS) is 18.6. The summed E-state index contributed by atoms with van der Waals surface area (Å²) in [5.74, 6) is 0. The van der Waals surface area contributed by atoms with Crippen molar-refractivity contribution < 1.29 is 8.42 Å². The molecule has 0 saturated heterocycles. The molecule has 0 fully saturated rings. The molecule has 0 amide bonds. The summed E-state index contributed by atoms with van der Waals surface area (Å²) in [7, 11) is -3.56. The molecule has 1 aliphatic heterocycles. The number of benzene rings is 2. The first-order chi connectivity index (χ1) is 11.0. The van der Waals surface area contributed by atoms with Crippen molar-refractivity contribution in [2.45, 2.75) is 37.6 Å². The van der Waals surface area contributed by atoms with Gasteiger partial charge in [0.2, 0.25) is 0 Å². The van der Waals surface area contributed by atoms with E-state index in [0.29, 0.717) is 4.90 Å². The summed E-state index contributed by atoms with van der Waals surface area (Å²) in [6.45, 7) is 3.83. The zero-order chi connectivity index (χ0) is 16.4. The topological polar surface area (TPSA) is 37.4 Å². The maximum atomic E-state index is 13.2. The van der Waals surface area contributed by atoms with Crippen LogP contribution in [0.3, 0.4) is 0 Å². The highest BCUT2D eigenvalue weighted by Crippen LogP contribution is 2.37. The lowest BCUT2D eigenvalue weighted by Crippen LogP contribution is -2.35. The van der Waals surface area contributed by atoms with Gasteiger partial charge in [0.15, 0.2) is 0 Å². The van der Waals surface area contributed by atoms with E-state index in [1.807, 2.05) is 62.4 Å². The Hall–Kier alpha value is -2.07. The van der Waals surface area contributed by atoms with Crippen molar-refractivity contribution in [2.75, 3.05) is 0 Å². The highest BCUT2D eigenvalue weighted by Gasteiger charge is 2.34. The van der Waals surface area contributed by atoms with E-state index >= 15 is 0 Å². The molecule has 23 heavy (non-hydrogen) atoms. The molecule has 2 aromatic rings. The van der Waals surface area contributed by atoms with Crippen LogP contribution in [0.1, 0.15) is 36.9 Å². The fourth-order valence-electron chi connectivity index (χ4n) is 3.06. The Morgan fingerprint density at radius 1 is 0.957 bits per heavy atom. The van der Waals surface area contributed by atoms with Gasteiger partial charge in [-0.3, -0.25) is 4.31 Å². The highest BCUT2D eigenvalue weighted by atomic mass is 32.2. The molecule has 0 aromatic heterocycles. The summed E-state index contributed by atoms with van der Waals surface area (Å²) in [5, 5.41) is 0. The van der Waals surface area contributed by atoms with Crippen molar-refractivity contribution >= 4 is 10.0 Å². The molecule has 0 radical (unpaired) electrons. The molecule has 1 unspecified atom stereocenters. The van der Waals surface area contributed by atoms with Crippen molar-refractivity contribution in [3.63, 3.8) is 0 Å². The van der Waals surface area contributed by atoms with Gasteiger partial charge < -0.3 is 0 Å². The van der Waals surface area contributed by atoms with E-state index < -0.39 is 10.0 Å². The lowest BCUT2D eigenvalue weighted by Gasteiger charge is -2.36. The number of sulfonamides is 1. The summed E-state index contributed by atoms with van der Waals surface area (Å²) >= 11 is 0. The van der Waals surface area contributed by atoms with Gasteiger partial charge in [-0.05, 0) is 44.4 Å². The van der Waals surface area contributed by atoms with Crippen LogP contribution in [-0.4, -0.2) is 12.7 Å². The minimum Gasteiger partial charge on any atom is -0.263 e. The predicted octanol–water partition coefficient (Wildman–Crippen LogP) is 4.42. The summed E-state index contributed by atoms with van der Waals surface area (Å²) < 4.78 is 27.9. The monoisotopic (exact) mass is 327 g/mol. The summed E-state index contributed by atoms with van der Waals surface area (Å²) in [6, 6.07) is 16.8. The fourth-order valence-corrected chi connectivity index (χ4v) is 4.78. The second-order valence-corrected chi connectivity index (χ2v) is 7.78. The maximum absolute atomic E-state index is 13.2. The third-order valence-corrected chi connectivity index (χ3v) is 6.20. The molecule has 1 aliphatic rings. The third kappa shape index (κ3) is 3.04. The Balaban J connectivity index is 2.07. The first-order valence-electron chi connectivity index (χ1n) is 7.83. The molecule has 0 bridgehead atoms. The minimum absolute atomic E-state index is 0.146. The van der Waals surface area contributed by atoms with Gasteiger partial charge in [0.25, 0.3) is 10.0 Å². The molecule has 3 nitrogen and oxygen atoms in total. The molecule has 4 heteroatoms. The van der Waals surface area contributed by atoms with E-state index in [1.54, 1.807) is 16.4 Å². The van der Waals surface area contributed by atoms with Crippen LogP contribution in [-0.2, 0) is 10.0 Å². The van der Waals surface area contributed by atoms with Crippen molar-refractivity contribution in [3.05, 3.63) is 77.5 Å². The van der Waals surface area contributed by atoms with E-state index in [-0.39, 0.29) is 6.04 Å². The highest BCUT2D eigenvalue weighted by molar-refractivity contribution is 7.89. The Kier molecular flexibility index (Phi) is 4.26. The third-order valence-electron chi connectivity index (χ3n) is 4.27. The molecule has 3 rings (SSSR count). The number of hydrogen-bond acceptors (Lipinski definition) is 2. The average molecular weight is 327 g/mol. The zero-order valence-electron chi connectivity index (χ0n) is 13.4. The van der Waals surface area contributed by atoms with Crippen LogP contribution in [0.25, 0.3) is 0 Å². The molecular formula is C19H21NO2S. The summed E-state index contributed by atoms with van der Waals surface area (Å²) in [5.41, 5.74) is 2.88. The van der Waals surface area contributed by atoms with Crippen LogP contribution in [0, 0.1) is 6.92 Å². The number of rotatable bonds is 3. The van der Waals surface area contributed by atoms with Gasteiger partial charge in [0.1, 0.15) is 0 Å². The van der Waals surface area contributed by atoms with Crippen LogP contribution in [0.5, 0.6) is 0 Å². The number of aryl methyl sites for hydroxylation is 1. The van der Waals surface area contributed by atoms with Crippen LogP contribution in [0.2, 0.25) is 0 Å². The van der Waals surface area contributed by atoms with E-state index in [9.17, 15) is 8.42 Å². The Bertz CT molecular complexity index is 808. The fraction of sp³-hybridized carbons (Fsp3) is 0.263. The first kappa shape index (κ1) is 15.8. The van der Waals surface area contributed by atoms with Gasteiger partial charge in [-0.15, -0.1) is 0 Å². The van der Waals surface area contributed by atoms with Gasteiger partial charge in [0, 0.05) is 5.70 Å². The van der Waals surface area contributed by atoms with E-state index in [4.69, 9.17) is 0 Å². The van der Waals surface area contributed by atoms with Gasteiger partial charge in [0.05, 0.1) is 10.9 Å². The molecule has 1 atom stereocenters. The molecule has 1 heterocycles. The SMILES string of the molecule is CC1=CCCC(c2ccccc2)N1S(=O)(=O)c1ccc(C)cc1. The van der Waals surface area contributed by atoms with Gasteiger partial charge >= 0.3 is 0 Å². The lowest BCUT2D eigenvalue weighted by molar-refractivity contribution is 0.347. The predicted molar refractivity (Wildman–Crippen MR) is 92.4 cm³/mol. The quantitative estimate of drug-likeness (QED) is 0.836. The van der Waals surface area contributed by atoms with E-state index in [0.717, 1.165) is 29.7 Å². The van der Waals surface area contributed by atoms with Crippen LogP contribution < -0.4 is 0 Å². The van der Waals surface area contributed by atoms with Gasteiger partial charge in [-0.2, -0.15) is 0 Å². The molecular weight excluding hydrogens is 306 g/mol. The molecule has 0 N–H and O–H groups in total. The number of hydrogen-bond donors (Lipinski definition) is 0. The zero-order valence-corrected chi connectivity index (χ0v) is 14.3. The van der Waals surface area contributed by atoms with Crippen molar-refractivity contribution in [1.29, 1.82) is 0 Å². The van der Waals surface area contributed by atoms with Crippen molar-refractivity contribution in [3.8, 4) is 0 Å². The number of nitrogens with zero attached hydrogens (tertiary/aromatic N) is 1. The lowest BCUT2D eigenvalue weighted by atomic mass is 9.98. The van der Waals surface area contributed by atoms with Crippen LogP contribution in [0.4, 0.5) is 0 Å². The molecule has 0 spiro atoms. The average Bonchev–Trinajstić information content (AvgIpc) is 2.55. The molecule has 2 aromatic carbocycles. The summed E-state index contributed by atoms with van der Waals surface area (Å²) in [6.07, 6.45) is 3.70. The first-order valence-corrected chi connectivity index (χ1v) is 9.27. The van der Waals surface area contributed by atoms with Crippen LogP contribution >= 0.6 is 0 Å². The minimum atomic E-state index is -3.56. The van der Waals surface area contributed by atoms with Crippen molar-refractivity contribution in [2.24, 2.45) is 0 Å². The molecule has 0 saturated carbocycles. The molecule has 0 aliphatic carbocycles. The Morgan fingerprint density at radius 2 is 1.61 bits per heavy atom. The van der Waals surface area contributed by atoms with E-state index in [1.165, 1.54) is 0 Å². The standard InChI is InChI=1S/C19H21NO2S/c1-15-11-13-18(14-12-15)23(21,22)20-16(2)7-6-10-19(20)17-8-4-3-5-9-17/h3-5,7-9,11-14,19H,6,10H2,1-2H3. The second kappa shape index (κ2) is 6.20. The van der Waals surface area contributed by atoms with Gasteiger partial charge in [-0.25, -0.2) is 8.42 Å². The maximum Gasteiger partial charge on any atom is 0.264 e. The smallest absolute Gasteiger partial charge is 0.263 e. The summed E-state index contributed by atoms with van der Waals surface area (Å²) in [4.78, 5) is 0.346. The van der Waals surface area contributed by atoms with E-state index in [2.05, 4.69) is 0 Å². The Labute approximate surface area is 138 Å². The van der Waals surface area contributed by atoms with Gasteiger partial charge in [-0.1, -0.05) is 54.1 Å². The van der Waals surface area contributed by atoms with Crippen molar-refractivity contribution in [1.82, 2.24) is 4.31 Å². The number of allylic oxidation sites excluding steroid dienone is 2. The van der Waals surface area contributed by atoms with Crippen LogP contribution in [0.15, 0.2) is 71.3 Å². The Morgan fingerprint density at radius 3 is 2.26 bits per heavy atom. The second-order valence-electron chi connectivity index (χ2n) is 5.96. The largest absolute Gasteiger partial charge is 0.264 e.